The molecular weight excluding hydrogens is 254 g/mol. The van der Waals surface area contributed by atoms with Crippen molar-refractivity contribution in [1.82, 2.24) is 10.6 Å². The molecule has 0 spiro atoms. The van der Waals surface area contributed by atoms with Gasteiger partial charge >= 0.3 is 0 Å². The average Bonchev–Trinajstić information content (AvgIpc) is 2.88. The Hall–Kier alpha value is -0.810. The van der Waals surface area contributed by atoms with E-state index >= 15 is 0 Å². The second-order valence-electron chi connectivity index (χ2n) is 6.45. The lowest BCUT2D eigenvalue weighted by Gasteiger charge is -2.19. The third-order valence-corrected chi connectivity index (χ3v) is 3.25. The Labute approximate surface area is 123 Å². The molecule has 118 valence electrons. The van der Waals surface area contributed by atoms with Crippen LogP contribution in [0.1, 0.15) is 40.0 Å². The van der Waals surface area contributed by atoms with E-state index in [4.69, 9.17) is 9.47 Å². The number of ether oxygens (including phenoxy) is 2. The lowest BCUT2D eigenvalue weighted by Crippen LogP contribution is -2.39. The van der Waals surface area contributed by atoms with E-state index in [-0.39, 0.29) is 0 Å². The van der Waals surface area contributed by atoms with Crippen LogP contribution in [0, 0.1) is 5.41 Å². The topological polar surface area (TPSA) is 54.9 Å². The van der Waals surface area contributed by atoms with Gasteiger partial charge in [-0.3, -0.25) is 4.99 Å². The summed E-state index contributed by atoms with van der Waals surface area (Å²) >= 11 is 0. The van der Waals surface area contributed by atoms with Crippen LogP contribution in [0.5, 0.6) is 0 Å². The molecule has 1 atom stereocenters. The molecule has 0 bridgehead atoms. The van der Waals surface area contributed by atoms with Crippen LogP contribution in [0.25, 0.3) is 0 Å². The van der Waals surface area contributed by atoms with Crippen LogP contribution in [0.2, 0.25) is 0 Å². The molecule has 1 heterocycles. The third kappa shape index (κ3) is 8.38. The van der Waals surface area contributed by atoms with Crippen molar-refractivity contribution >= 4 is 5.96 Å². The van der Waals surface area contributed by atoms with Gasteiger partial charge in [-0.05, 0) is 24.7 Å². The van der Waals surface area contributed by atoms with Gasteiger partial charge in [0.1, 0.15) is 0 Å². The summed E-state index contributed by atoms with van der Waals surface area (Å²) in [5, 5.41) is 6.64. The highest BCUT2D eigenvalue weighted by atomic mass is 16.5. The Morgan fingerprint density at radius 1 is 1.30 bits per heavy atom. The Morgan fingerprint density at radius 3 is 2.65 bits per heavy atom. The predicted octanol–water partition coefficient (Wildman–Crippen LogP) is 1.78. The fourth-order valence-corrected chi connectivity index (χ4v) is 1.95. The largest absolute Gasteiger partial charge is 0.379 e. The third-order valence-electron chi connectivity index (χ3n) is 3.25. The minimum Gasteiger partial charge on any atom is -0.379 e. The van der Waals surface area contributed by atoms with Crippen molar-refractivity contribution in [2.45, 2.75) is 46.1 Å². The first-order valence-corrected chi connectivity index (χ1v) is 7.65. The summed E-state index contributed by atoms with van der Waals surface area (Å²) < 4.78 is 11.0. The van der Waals surface area contributed by atoms with Gasteiger partial charge in [0.15, 0.2) is 5.96 Å². The van der Waals surface area contributed by atoms with Crippen molar-refractivity contribution in [3.05, 3.63) is 0 Å². The molecule has 0 aromatic rings. The maximum atomic E-state index is 5.72. The van der Waals surface area contributed by atoms with Gasteiger partial charge < -0.3 is 20.1 Å². The smallest absolute Gasteiger partial charge is 0.190 e. The standard InChI is InChI=1S/C15H31N3O2/c1-15(2,3)7-9-18-14(16-4)17-8-5-10-20-13-6-11-19-12-13/h13H,5-12H2,1-4H3,(H2,16,17,18). The van der Waals surface area contributed by atoms with Crippen molar-refractivity contribution in [3.63, 3.8) is 0 Å². The van der Waals surface area contributed by atoms with Gasteiger partial charge in [-0.2, -0.15) is 0 Å². The molecule has 1 aliphatic heterocycles. The minimum atomic E-state index is 0.305. The molecule has 1 aliphatic rings. The summed E-state index contributed by atoms with van der Waals surface area (Å²) in [6, 6.07) is 0. The molecule has 1 fully saturated rings. The van der Waals surface area contributed by atoms with Crippen molar-refractivity contribution < 1.29 is 9.47 Å². The Morgan fingerprint density at radius 2 is 2.05 bits per heavy atom. The molecule has 0 radical (unpaired) electrons. The summed E-state index contributed by atoms with van der Waals surface area (Å²) in [7, 11) is 1.80. The Kier molecular flexibility index (Phi) is 7.92. The van der Waals surface area contributed by atoms with Crippen molar-refractivity contribution in [2.24, 2.45) is 10.4 Å². The van der Waals surface area contributed by atoms with Crippen molar-refractivity contribution in [3.8, 4) is 0 Å². The molecular formula is C15H31N3O2. The summed E-state index contributed by atoms with van der Waals surface area (Å²) in [5.41, 5.74) is 0.350. The van der Waals surface area contributed by atoms with E-state index < -0.39 is 0 Å². The van der Waals surface area contributed by atoms with Crippen LogP contribution in [-0.2, 0) is 9.47 Å². The predicted molar refractivity (Wildman–Crippen MR) is 83.2 cm³/mol. The lowest BCUT2D eigenvalue weighted by atomic mass is 9.92. The van der Waals surface area contributed by atoms with Gasteiger partial charge in [-0.25, -0.2) is 0 Å². The van der Waals surface area contributed by atoms with Crippen LogP contribution in [-0.4, -0.2) is 52.0 Å². The molecule has 0 saturated carbocycles. The second kappa shape index (κ2) is 9.19. The van der Waals surface area contributed by atoms with Crippen molar-refractivity contribution in [1.29, 1.82) is 0 Å². The maximum Gasteiger partial charge on any atom is 0.190 e. The fourth-order valence-electron chi connectivity index (χ4n) is 1.95. The molecule has 0 aromatic heterocycles. The Balaban J connectivity index is 2.00. The highest BCUT2D eigenvalue weighted by molar-refractivity contribution is 5.79. The zero-order valence-corrected chi connectivity index (χ0v) is 13.5. The van der Waals surface area contributed by atoms with E-state index in [9.17, 15) is 0 Å². The number of guanidine groups is 1. The van der Waals surface area contributed by atoms with Crippen LogP contribution in [0.4, 0.5) is 0 Å². The number of hydrogen-bond acceptors (Lipinski definition) is 3. The normalized spacial score (nSPS) is 20.2. The summed E-state index contributed by atoms with van der Waals surface area (Å²) in [6.45, 7) is 10.9. The van der Waals surface area contributed by atoms with Gasteiger partial charge in [-0.15, -0.1) is 0 Å². The average molecular weight is 285 g/mol. The summed E-state index contributed by atoms with van der Waals surface area (Å²) in [6.07, 6.45) is 3.44. The lowest BCUT2D eigenvalue weighted by molar-refractivity contribution is 0.0420. The summed E-state index contributed by atoms with van der Waals surface area (Å²) in [5.74, 6) is 0.874. The number of nitrogens with zero attached hydrogens (tertiary/aromatic N) is 1. The molecule has 2 N–H and O–H groups in total. The van der Waals surface area contributed by atoms with E-state index in [1.165, 1.54) is 0 Å². The molecule has 5 nitrogen and oxygen atoms in total. The molecule has 1 rings (SSSR count). The number of nitrogens with one attached hydrogen (secondary N) is 2. The first-order chi connectivity index (χ1) is 9.51. The monoisotopic (exact) mass is 285 g/mol. The van der Waals surface area contributed by atoms with Gasteiger partial charge in [0, 0.05) is 33.4 Å². The Bertz CT molecular complexity index is 281. The molecule has 0 amide bonds. The SMILES string of the molecule is CN=C(NCCCOC1CCOC1)NCCC(C)(C)C. The quantitative estimate of drug-likeness (QED) is 0.425. The first kappa shape index (κ1) is 17.2. The van der Waals surface area contributed by atoms with Gasteiger partial charge in [0.25, 0.3) is 0 Å². The van der Waals surface area contributed by atoms with E-state index in [0.29, 0.717) is 11.5 Å². The zero-order chi connectivity index (χ0) is 14.8. The van der Waals surface area contributed by atoms with Crippen LogP contribution in [0.15, 0.2) is 4.99 Å². The van der Waals surface area contributed by atoms with Gasteiger partial charge in [-0.1, -0.05) is 20.8 Å². The second-order valence-corrected chi connectivity index (χ2v) is 6.45. The van der Waals surface area contributed by atoms with E-state index in [2.05, 4.69) is 36.4 Å². The molecule has 5 heteroatoms. The van der Waals surface area contributed by atoms with Gasteiger partial charge in [0.05, 0.1) is 12.7 Å². The molecule has 20 heavy (non-hydrogen) atoms. The highest BCUT2D eigenvalue weighted by Crippen LogP contribution is 2.16. The minimum absolute atomic E-state index is 0.305. The molecule has 1 unspecified atom stereocenters. The fraction of sp³-hybridized carbons (Fsp3) is 0.933. The highest BCUT2D eigenvalue weighted by Gasteiger charge is 2.15. The van der Waals surface area contributed by atoms with E-state index in [1.54, 1.807) is 7.05 Å². The number of hydrogen-bond donors (Lipinski definition) is 2. The first-order valence-electron chi connectivity index (χ1n) is 7.65. The molecule has 0 aliphatic carbocycles. The van der Waals surface area contributed by atoms with Crippen LogP contribution < -0.4 is 10.6 Å². The maximum absolute atomic E-state index is 5.72. The van der Waals surface area contributed by atoms with Crippen LogP contribution in [0.3, 0.4) is 0 Å². The zero-order valence-electron chi connectivity index (χ0n) is 13.5. The number of rotatable bonds is 7. The molecule has 1 saturated heterocycles. The van der Waals surface area contributed by atoms with E-state index in [1.807, 2.05) is 0 Å². The van der Waals surface area contributed by atoms with Crippen LogP contribution >= 0.6 is 0 Å². The van der Waals surface area contributed by atoms with Crippen molar-refractivity contribution in [2.75, 3.05) is 40.0 Å². The van der Waals surface area contributed by atoms with Gasteiger partial charge in [0.2, 0.25) is 0 Å². The van der Waals surface area contributed by atoms with E-state index in [0.717, 1.165) is 58.1 Å². The summed E-state index contributed by atoms with van der Waals surface area (Å²) in [4.78, 5) is 4.22. The number of aliphatic imine (C=N–C) groups is 1. The molecule has 0 aromatic carbocycles.